The maximum absolute atomic E-state index is 12.1. The van der Waals surface area contributed by atoms with Crippen molar-refractivity contribution >= 4 is 34.2 Å². The number of hydrogen-bond donors (Lipinski definition) is 2. The van der Waals surface area contributed by atoms with Gasteiger partial charge in [0.2, 0.25) is 0 Å². The molecule has 5 nitrogen and oxygen atoms in total. The van der Waals surface area contributed by atoms with E-state index >= 15 is 0 Å². The van der Waals surface area contributed by atoms with Crippen LogP contribution in [0.15, 0.2) is 24.4 Å². The van der Waals surface area contributed by atoms with E-state index in [9.17, 15) is 9.90 Å². The van der Waals surface area contributed by atoms with Crippen molar-refractivity contribution < 1.29 is 9.90 Å². The Balaban J connectivity index is 2.22. The summed E-state index contributed by atoms with van der Waals surface area (Å²) in [5.41, 5.74) is 1.96. The standard InChI is InChI=1S/C13H14IN3O2/c1-3-10-11(7-17(2)16-10)15-13(19)8-4-5-9(14)12(18)6-8/h4-7,18H,3H2,1-2H3,(H,15,19). The van der Waals surface area contributed by atoms with Crippen LogP contribution in [0, 0.1) is 3.57 Å². The highest BCUT2D eigenvalue weighted by Gasteiger charge is 2.12. The van der Waals surface area contributed by atoms with Gasteiger partial charge in [-0.3, -0.25) is 9.48 Å². The third kappa shape index (κ3) is 3.06. The molecule has 2 rings (SSSR count). The van der Waals surface area contributed by atoms with Crippen LogP contribution >= 0.6 is 22.6 Å². The van der Waals surface area contributed by atoms with Crippen LogP contribution in [0.5, 0.6) is 5.75 Å². The highest BCUT2D eigenvalue weighted by atomic mass is 127. The average Bonchev–Trinajstić information content (AvgIpc) is 2.72. The fourth-order valence-corrected chi connectivity index (χ4v) is 2.08. The molecule has 0 radical (unpaired) electrons. The Hall–Kier alpha value is -1.57. The maximum Gasteiger partial charge on any atom is 0.255 e. The first-order valence-electron chi connectivity index (χ1n) is 5.83. The van der Waals surface area contributed by atoms with Gasteiger partial charge in [-0.05, 0) is 47.2 Å². The van der Waals surface area contributed by atoms with Crippen LogP contribution < -0.4 is 5.32 Å². The van der Waals surface area contributed by atoms with Gasteiger partial charge in [0.25, 0.3) is 5.91 Å². The summed E-state index contributed by atoms with van der Waals surface area (Å²) in [6.45, 7) is 1.98. The van der Waals surface area contributed by atoms with Crippen molar-refractivity contribution in [1.29, 1.82) is 0 Å². The number of halogens is 1. The molecule has 0 fully saturated rings. The maximum atomic E-state index is 12.1. The van der Waals surface area contributed by atoms with Gasteiger partial charge in [-0.1, -0.05) is 6.92 Å². The molecule has 0 spiro atoms. The largest absolute Gasteiger partial charge is 0.507 e. The summed E-state index contributed by atoms with van der Waals surface area (Å²) in [6.07, 6.45) is 2.51. The van der Waals surface area contributed by atoms with Crippen LogP contribution in [-0.4, -0.2) is 20.8 Å². The van der Waals surface area contributed by atoms with Crippen molar-refractivity contribution in [1.82, 2.24) is 9.78 Å². The number of benzene rings is 1. The van der Waals surface area contributed by atoms with Crippen LogP contribution in [-0.2, 0) is 13.5 Å². The number of phenols is 1. The van der Waals surface area contributed by atoms with E-state index in [2.05, 4.69) is 10.4 Å². The second-order valence-electron chi connectivity index (χ2n) is 4.14. The number of carbonyl (C=O) groups excluding carboxylic acids is 1. The first-order valence-corrected chi connectivity index (χ1v) is 6.91. The molecule has 6 heteroatoms. The van der Waals surface area contributed by atoms with Crippen LogP contribution in [0.4, 0.5) is 5.69 Å². The van der Waals surface area contributed by atoms with Crippen molar-refractivity contribution in [2.45, 2.75) is 13.3 Å². The van der Waals surface area contributed by atoms with Gasteiger partial charge >= 0.3 is 0 Å². The Morgan fingerprint density at radius 3 is 2.89 bits per heavy atom. The Bertz CT molecular complexity index is 622. The summed E-state index contributed by atoms with van der Waals surface area (Å²) >= 11 is 2.01. The van der Waals surface area contributed by atoms with E-state index in [0.717, 1.165) is 12.1 Å². The van der Waals surface area contributed by atoms with Crippen molar-refractivity contribution in [2.75, 3.05) is 5.32 Å². The monoisotopic (exact) mass is 371 g/mol. The molecule has 0 saturated carbocycles. The minimum Gasteiger partial charge on any atom is -0.507 e. The molecule has 0 saturated heterocycles. The molecular formula is C13H14IN3O2. The van der Waals surface area contributed by atoms with E-state index in [1.54, 1.807) is 23.0 Å². The molecule has 1 aromatic heterocycles. The van der Waals surface area contributed by atoms with E-state index in [0.29, 0.717) is 14.8 Å². The molecule has 0 atom stereocenters. The number of nitrogens with one attached hydrogen (secondary N) is 1. The van der Waals surface area contributed by atoms with Crippen molar-refractivity contribution in [3.63, 3.8) is 0 Å². The number of aromatic hydroxyl groups is 1. The summed E-state index contributed by atoms with van der Waals surface area (Å²) in [4.78, 5) is 12.1. The highest BCUT2D eigenvalue weighted by Crippen LogP contribution is 2.21. The Morgan fingerprint density at radius 2 is 2.26 bits per heavy atom. The third-order valence-electron chi connectivity index (χ3n) is 2.70. The summed E-state index contributed by atoms with van der Waals surface area (Å²) < 4.78 is 2.38. The van der Waals surface area contributed by atoms with Crippen molar-refractivity contribution in [3.8, 4) is 5.75 Å². The lowest BCUT2D eigenvalue weighted by Gasteiger charge is -2.05. The van der Waals surface area contributed by atoms with Crippen LogP contribution in [0.2, 0.25) is 0 Å². The second-order valence-corrected chi connectivity index (χ2v) is 5.30. The molecule has 1 heterocycles. The SMILES string of the molecule is CCc1nn(C)cc1NC(=O)c1ccc(I)c(O)c1. The topological polar surface area (TPSA) is 67.2 Å². The Kier molecular flexibility index (Phi) is 4.08. The molecule has 0 aliphatic heterocycles. The lowest BCUT2D eigenvalue weighted by molar-refractivity contribution is 0.102. The number of nitrogens with zero attached hydrogens (tertiary/aromatic N) is 2. The van der Waals surface area contributed by atoms with Crippen LogP contribution in [0.25, 0.3) is 0 Å². The summed E-state index contributed by atoms with van der Waals surface area (Å²) in [5.74, 6) is -0.149. The molecule has 0 bridgehead atoms. The molecule has 0 aliphatic rings. The number of carbonyl (C=O) groups is 1. The van der Waals surface area contributed by atoms with E-state index in [1.165, 1.54) is 6.07 Å². The fourth-order valence-electron chi connectivity index (χ4n) is 1.75. The van der Waals surface area contributed by atoms with E-state index in [1.807, 2.05) is 36.6 Å². The van der Waals surface area contributed by atoms with E-state index in [4.69, 9.17) is 0 Å². The number of phenolic OH excluding ortho intramolecular Hbond substituents is 1. The fraction of sp³-hybridized carbons (Fsp3) is 0.231. The second kappa shape index (κ2) is 5.60. The number of aryl methyl sites for hydroxylation is 2. The van der Waals surface area contributed by atoms with Crippen molar-refractivity contribution in [2.24, 2.45) is 7.05 Å². The summed E-state index contributed by atoms with van der Waals surface area (Å²) in [6, 6.07) is 4.84. The lowest BCUT2D eigenvalue weighted by Crippen LogP contribution is -2.12. The zero-order chi connectivity index (χ0) is 14.0. The molecule has 0 unspecified atom stereocenters. The van der Waals surface area contributed by atoms with E-state index in [-0.39, 0.29) is 11.7 Å². The number of rotatable bonds is 3. The Labute approximate surface area is 124 Å². The van der Waals surface area contributed by atoms with Crippen LogP contribution in [0.3, 0.4) is 0 Å². The number of hydrogen-bond acceptors (Lipinski definition) is 3. The van der Waals surface area contributed by atoms with Crippen LogP contribution in [0.1, 0.15) is 23.0 Å². The third-order valence-corrected chi connectivity index (χ3v) is 3.61. The molecule has 2 N–H and O–H groups in total. The number of amides is 1. The van der Waals surface area contributed by atoms with Gasteiger partial charge in [0.1, 0.15) is 5.75 Å². The molecule has 1 aromatic carbocycles. The molecule has 19 heavy (non-hydrogen) atoms. The summed E-state index contributed by atoms with van der Waals surface area (Å²) in [7, 11) is 1.81. The smallest absolute Gasteiger partial charge is 0.255 e. The molecular weight excluding hydrogens is 357 g/mol. The van der Waals surface area contributed by atoms with Gasteiger partial charge in [-0.15, -0.1) is 0 Å². The average molecular weight is 371 g/mol. The zero-order valence-corrected chi connectivity index (χ0v) is 12.8. The minimum absolute atomic E-state index is 0.107. The highest BCUT2D eigenvalue weighted by molar-refractivity contribution is 14.1. The van der Waals surface area contributed by atoms with Crippen molar-refractivity contribution in [3.05, 3.63) is 39.2 Å². The molecule has 0 aliphatic carbocycles. The lowest BCUT2D eigenvalue weighted by atomic mass is 10.2. The molecule has 100 valence electrons. The minimum atomic E-state index is -0.255. The normalized spacial score (nSPS) is 10.5. The van der Waals surface area contributed by atoms with Gasteiger partial charge in [0.15, 0.2) is 0 Å². The van der Waals surface area contributed by atoms with Gasteiger partial charge < -0.3 is 10.4 Å². The first-order chi connectivity index (χ1) is 9.01. The number of anilines is 1. The van der Waals surface area contributed by atoms with Gasteiger partial charge in [-0.2, -0.15) is 5.10 Å². The molecule has 2 aromatic rings. The van der Waals surface area contributed by atoms with Gasteiger partial charge in [-0.25, -0.2) is 0 Å². The molecule has 1 amide bonds. The predicted molar refractivity (Wildman–Crippen MR) is 81.4 cm³/mol. The van der Waals surface area contributed by atoms with Gasteiger partial charge in [0.05, 0.1) is 15.0 Å². The quantitative estimate of drug-likeness (QED) is 0.815. The predicted octanol–water partition coefficient (Wildman–Crippen LogP) is 2.54. The Morgan fingerprint density at radius 1 is 1.53 bits per heavy atom. The number of aromatic nitrogens is 2. The zero-order valence-electron chi connectivity index (χ0n) is 10.6. The van der Waals surface area contributed by atoms with E-state index < -0.39 is 0 Å². The van der Waals surface area contributed by atoms with Gasteiger partial charge in [0, 0.05) is 18.8 Å². The first kappa shape index (κ1) is 13.9. The summed E-state index contributed by atoms with van der Waals surface area (Å²) in [5, 5.41) is 16.7.